The van der Waals surface area contributed by atoms with Gasteiger partial charge in [0.05, 0.1) is 22.9 Å². The van der Waals surface area contributed by atoms with Gasteiger partial charge in [-0.3, -0.25) is 0 Å². The number of fused-ring (bicyclic) bond motifs is 1. The minimum absolute atomic E-state index is 0.0629. The first-order valence-corrected chi connectivity index (χ1v) is 6.70. The summed E-state index contributed by atoms with van der Waals surface area (Å²) in [6.45, 7) is 0. The molecule has 0 aliphatic heterocycles. The van der Waals surface area contributed by atoms with Crippen molar-refractivity contribution in [3.8, 4) is 6.07 Å². The summed E-state index contributed by atoms with van der Waals surface area (Å²) in [6.07, 6.45) is -3.72. The lowest BCUT2D eigenvalue weighted by molar-refractivity contribution is -0.137. The van der Waals surface area contributed by atoms with E-state index in [0.717, 1.165) is 18.4 Å². The SMILES string of the molecule is CS(=O)(=O)n1c(C#N)nc2cc(C(F)(F)F)ccc21. The molecular weight excluding hydrogens is 283 g/mol. The van der Waals surface area contributed by atoms with Crippen molar-refractivity contribution in [1.82, 2.24) is 8.96 Å². The average Bonchev–Trinajstić information content (AvgIpc) is 2.64. The molecule has 0 aliphatic carbocycles. The molecule has 0 fully saturated rings. The second-order valence-corrected chi connectivity index (χ2v) is 5.61. The lowest BCUT2D eigenvalue weighted by Gasteiger charge is -2.06. The van der Waals surface area contributed by atoms with Crippen LogP contribution in [0.1, 0.15) is 11.4 Å². The molecule has 1 heterocycles. The Morgan fingerprint density at radius 1 is 1.37 bits per heavy atom. The molecule has 19 heavy (non-hydrogen) atoms. The van der Waals surface area contributed by atoms with E-state index in [-0.39, 0.29) is 11.0 Å². The zero-order valence-corrected chi connectivity index (χ0v) is 10.2. The first-order valence-electron chi connectivity index (χ1n) is 4.85. The van der Waals surface area contributed by atoms with Crippen molar-refractivity contribution >= 4 is 21.1 Å². The lowest BCUT2D eigenvalue weighted by Crippen LogP contribution is -2.12. The smallest absolute Gasteiger partial charge is 0.218 e. The molecule has 2 rings (SSSR count). The highest BCUT2D eigenvalue weighted by Crippen LogP contribution is 2.31. The average molecular weight is 289 g/mol. The third-order valence-electron chi connectivity index (χ3n) is 2.37. The molecule has 0 radical (unpaired) electrons. The van der Waals surface area contributed by atoms with Crippen molar-refractivity contribution in [2.75, 3.05) is 6.26 Å². The summed E-state index contributed by atoms with van der Waals surface area (Å²) in [7, 11) is -3.83. The van der Waals surface area contributed by atoms with E-state index >= 15 is 0 Å². The fourth-order valence-corrected chi connectivity index (χ4v) is 2.55. The third kappa shape index (κ3) is 2.26. The van der Waals surface area contributed by atoms with Crippen LogP contribution in [0.15, 0.2) is 18.2 Å². The first-order chi connectivity index (χ1) is 8.64. The molecule has 0 aliphatic rings. The number of benzene rings is 1. The summed E-state index contributed by atoms with van der Waals surface area (Å²) in [5, 5.41) is 8.79. The van der Waals surface area contributed by atoms with Crippen LogP contribution in [0.25, 0.3) is 11.0 Å². The summed E-state index contributed by atoms with van der Waals surface area (Å²) in [6, 6.07) is 3.97. The van der Waals surface area contributed by atoms with Crippen LogP contribution in [0.4, 0.5) is 13.2 Å². The number of aromatic nitrogens is 2. The lowest BCUT2D eigenvalue weighted by atomic mass is 10.2. The highest BCUT2D eigenvalue weighted by Gasteiger charge is 2.31. The topological polar surface area (TPSA) is 75.8 Å². The molecule has 1 aromatic heterocycles. The van der Waals surface area contributed by atoms with Crippen molar-refractivity contribution in [3.05, 3.63) is 29.6 Å². The molecule has 0 unspecified atom stereocenters. The second-order valence-electron chi connectivity index (χ2n) is 3.78. The quantitative estimate of drug-likeness (QED) is 0.801. The number of imidazole rings is 1. The summed E-state index contributed by atoms with van der Waals surface area (Å²) >= 11 is 0. The normalized spacial score (nSPS) is 12.6. The maximum Gasteiger partial charge on any atom is 0.416 e. The number of hydrogen-bond acceptors (Lipinski definition) is 4. The van der Waals surface area contributed by atoms with E-state index in [2.05, 4.69) is 4.98 Å². The maximum atomic E-state index is 12.5. The van der Waals surface area contributed by atoms with Gasteiger partial charge in [-0.2, -0.15) is 18.4 Å². The van der Waals surface area contributed by atoms with Gasteiger partial charge in [-0.1, -0.05) is 0 Å². The molecular formula is C10H6F3N3O2S. The molecule has 2 aromatic rings. The molecule has 9 heteroatoms. The van der Waals surface area contributed by atoms with Crippen LogP contribution in [-0.2, 0) is 16.2 Å². The van der Waals surface area contributed by atoms with Gasteiger partial charge in [0.1, 0.15) is 6.07 Å². The largest absolute Gasteiger partial charge is 0.416 e. The van der Waals surface area contributed by atoms with Gasteiger partial charge in [-0.15, -0.1) is 0 Å². The minimum atomic E-state index is -4.56. The first kappa shape index (κ1) is 13.4. The van der Waals surface area contributed by atoms with E-state index in [1.165, 1.54) is 0 Å². The molecule has 0 saturated heterocycles. The minimum Gasteiger partial charge on any atom is -0.218 e. The Bertz CT molecular complexity index is 800. The molecule has 5 nitrogen and oxygen atoms in total. The second kappa shape index (κ2) is 3.96. The Balaban J connectivity index is 2.84. The van der Waals surface area contributed by atoms with E-state index in [9.17, 15) is 21.6 Å². The van der Waals surface area contributed by atoms with Crippen molar-refractivity contribution < 1.29 is 21.6 Å². The van der Waals surface area contributed by atoms with Crippen LogP contribution in [0.2, 0.25) is 0 Å². The van der Waals surface area contributed by atoms with Gasteiger partial charge in [0.25, 0.3) is 0 Å². The zero-order chi connectivity index (χ0) is 14.4. The highest BCUT2D eigenvalue weighted by molar-refractivity contribution is 7.89. The predicted molar refractivity (Wildman–Crippen MR) is 59.7 cm³/mol. The number of rotatable bonds is 1. The molecule has 0 saturated carbocycles. The molecule has 0 atom stereocenters. The van der Waals surface area contributed by atoms with E-state index in [4.69, 9.17) is 5.26 Å². The van der Waals surface area contributed by atoms with Crippen LogP contribution in [-0.4, -0.2) is 23.6 Å². The number of nitrogens with zero attached hydrogens (tertiary/aromatic N) is 3. The van der Waals surface area contributed by atoms with E-state index < -0.39 is 27.6 Å². The van der Waals surface area contributed by atoms with Crippen LogP contribution < -0.4 is 0 Å². The highest BCUT2D eigenvalue weighted by atomic mass is 32.2. The van der Waals surface area contributed by atoms with Crippen LogP contribution in [0.5, 0.6) is 0 Å². The van der Waals surface area contributed by atoms with Crippen molar-refractivity contribution in [3.63, 3.8) is 0 Å². The summed E-state index contributed by atoms with van der Waals surface area (Å²) < 4.78 is 61.2. The van der Waals surface area contributed by atoms with Gasteiger partial charge in [-0.05, 0) is 18.2 Å². The fraction of sp³-hybridized carbons (Fsp3) is 0.200. The third-order valence-corrected chi connectivity index (χ3v) is 3.40. The van der Waals surface area contributed by atoms with Crippen molar-refractivity contribution in [1.29, 1.82) is 5.26 Å². The van der Waals surface area contributed by atoms with Gasteiger partial charge < -0.3 is 0 Å². The standard InChI is InChI=1S/C10H6F3N3O2S/c1-19(17,18)16-8-3-2-6(10(11,12)13)4-7(8)15-9(16)5-14/h2-4H,1H3. The zero-order valence-electron chi connectivity index (χ0n) is 9.43. The van der Waals surface area contributed by atoms with Gasteiger partial charge in [0.2, 0.25) is 15.8 Å². The van der Waals surface area contributed by atoms with Crippen molar-refractivity contribution in [2.45, 2.75) is 6.18 Å². The summed E-state index contributed by atoms with van der Waals surface area (Å²) in [5.41, 5.74) is -1.22. The van der Waals surface area contributed by atoms with Gasteiger partial charge in [0, 0.05) is 0 Å². The number of alkyl halides is 3. The van der Waals surface area contributed by atoms with Crippen LogP contribution >= 0.6 is 0 Å². The Hall–Kier alpha value is -2.08. The molecule has 100 valence electrons. The van der Waals surface area contributed by atoms with Gasteiger partial charge in [-0.25, -0.2) is 17.4 Å². The summed E-state index contributed by atoms with van der Waals surface area (Å²) in [4.78, 5) is 3.59. The van der Waals surface area contributed by atoms with E-state index in [0.29, 0.717) is 10.0 Å². The van der Waals surface area contributed by atoms with E-state index in [1.807, 2.05) is 0 Å². The Morgan fingerprint density at radius 3 is 2.47 bits per heavy atom. The molecule has 0 bridgehead atoms. The number of hydrogen-bond donors (Lipinski definition) is 0. The number of nitriles is 1. The van der Waals surface area contributed by atoms with E-state index in [1.54, 1.807) is 6.07 Å². The van der Waals surface area contributed by atoms with Crippen LogP contribution in [0.3, 0.4) is 0 Å². The summed E-state index contributed by atoms with van der Waals surface area (Å²) in [5.74, 6) is -0.475. The van der Waals surface area contributed by atoms with Crippen LogP contribution in [0, 0.1) is 11.3 Å². The molecule has 0 amide bonds. The predicted octanol–water partition coefficient (Wildman–Crippen LogP) is 1.73. The van der Waals surface area contributed by atoms with Crippen molar-refractivity contribution in [2.24, 2.45) is 0 Å². The maximum absolute atomic E-state index is 12.5. The fourth-order valence-electron chi connectivity index (χ4n) is 1.64. The van der Waals surface area contributed by atoms with Gasteiger partial charge >= 0.3 is 6.18 Å². The molecule has 0 spiro atoms. The molecule has 0 N–H and O–H groups in total. The Kier molecular flexibility index (Phi) is 2.78. The monoisotopic (exact) mass is 289 g/mol. The van der Waals surface area contributed by atoms with Gasteiger partial charge in [0.15, 0.2) is 0 Å². The Labute approximate surface area is 105 Å². The number of halogens is 3. The Morgan fingerprint density at radius 2 is 2.00 bits per heavy atom. The molecule has 1 aromatic carbocycles.